The lowest BCUT2D eigenvalue weighted by atomic mass is 10.0. The predicted molar refractivity (Wildman–Crippen MR) is 124 cm³/mol. The Hall–Kier alpha value is -3.94. The van der Waals surface area contributed by atoms with Crippen LogP contribution >= 0.6 is 0 Å². The number of benzene rings is 2. The number of nitrogens with one attached hydrogen (secondary N) is 2. The van der Waals surface area contributed by atoms with Crippen molar-refractivity contribution in [3.63, 3.8) is 0 Å². The third-order valence-electron chi connectivity index (χ3n) is 5.73. The summed E-state index contributed by atoms with van der Waals surface area (Å²) in [7, 11) is 1.84. The number of carbonyl (C=O) groups excluding carboxylic acids is 1. The number of pyridine rings is 1. The summed E-state index contributed by atoms with van der Waals surface area (Å²) in [4.78, 5) is 17.1. The van der Waals surface area contributed by atoms with Gasteiger partial charge in [-0.15, -0.1) is 0 Å². The van der Waals surface area contributed by atoms with E-state index in [1.807, 2.05) is 19.2 Å². The third kappa shape index (κ3) is 3.64. The minimum absolute atomic E-state index is 0.137. The average molecular weight is 430 g/mol. The molecule has 0 radical (unpaired) electrons. The largest absolute Gasteiger partial charge is 0.382 e. The van der Waals surface area contributed by atoms with Crippen LogP contribution in [-0.4, -0.2) is 20.8 Å². The van der Waals surface area contributed by atoms with Crippen molar-refractivity contribution in [2.75, 3.05) is 16.4 Å². The molecule has 1 saturated carbocycles. The van der Waals surface area contributed by atoms with Gasteiger partial charge in [-0.1, -0.05) is 24.3 Å². The molecule has 1 aliphatic carbocycles. The number of carbonyl (C=O) groups is 1. The molecular formula is C24H23FN6O. The molecule has 2 amide bonds. The maximum atomic E-state index is 14.1. The van der Waals surface area contributed by atoms with E-state index in [2.05, 4.69) is 21.8 Å². The molecule has 0 bridgehead atoms. The van der Waals surface area contributed by atoms with Crippen LogP contribution in [0.1, 0.15) is 30.0 Å². The molecule has 2 aromatic carbocycles. The van der Waals surface area contributed by atoms with Gasteiger partial charge in [-0.25, -0.2) is 18.9 Å². The maximum Gasteiger partial charge on any atom is 0.323 e. The number of urea groups is 1. The number of hydrogen-bond donors (Lipinski definition) is 3. The fourth-order valence-electron chi connectivity index (χ4n) is 3.87. The number of rotatable bonds is 4. The van der Waals surface area contributed by atoms with Crippen molar-refractivity contribution >= 4 is 34.3 Å². The molecule has 0 aliphatic heterocycles. The van der Waals surface area contributed by atoms with Crippen LogP contribution in [0, 0.1) is 12.7 Å². The highest BCUT2D eigenvalue weighted by Gasteiger charge is 2.27. The zero-order valence-electron chi connectivity index (χ0n) is 17.8. The van der Waals surface area contributed by atoms with Crippen LogP contribution in [0.25, 0.3) is 22.2 Å². The van der Waals surface area contributed by atoms with Crippen LogP contribution in [0.2, 0.25) is 0 Å². The number of aromatic nitrogens is 3. The van der Waals surface area contributed by atoms with Crippen LogP contribution in [0.3, 0.4) is 0 Å². The summed E-state index contributed by atoms with van der Waals surface area (Å²) in [6.45, 7) is 1.65. The van der Waals surface area contributed by atoms with Crippen LogP contribution in [0.4, 0.5) is 26.4 Å². The van der Waals surface area contributed by atoms with Crippen molar-refractivity contribution in [2.45, 2.75) is 25.7 Å². The Kier molecular flexibility index (Phi) is 4.77. The third-order valence-corrected chi connectivity index (χ3v) is 5.73. The van der Waals surface area contributed by atoms with Gasteiger partial charge < -0.3 is 16.4 Å². The molecule has 2 aromatic heterocycles. The Morgan fingerprint density at radius 1 is 1.16 bits per heavy atom. The molecule has 0 unspecified atom stereocenters. The lowest BCUT2D eigenvalue weighted by Crippen LogP contribution is -2.20. The van der Waals surface area contributed by atoms with E-state index in [-0.39, 0.29) is 5.69 Å². The fraction of sp³-hybridized carbons (Fsp3) is 0.208. The smallest absolute Gasteiger partial charge is 0.323 e. The van der Waals surface area contributed by atoms with Crippen molar-refractivity contribution in [3.05, 3.63) is 65.6 Å². The first kappa shape index (κ1) is 20.0. The molecule has 7 nitrogen and oxygen atoms in total. The average Bonchev–Trinajstić information content (AvgIpc) is 3.58. The summed E-state index contributed by atoms with van der Waals surface area (Å²) >= 11 is 0. The normalized spacial score (nSPS) is 13.3. The second-order valence-electron chi connectivity index (χ2n) is 8.17. The molecule has 0 saturated heterocycles. The van der Waals surface area contributed by atoms with E-state index in [1.165, 1.54) is 6.07 Å². The molecule has 2 heterocycles. The van der Waals surface area contributed by atoms with Crippen molar-refractivity contribution in [3.8, 4) is 11.1 Å². The minimum atomic E-state index is -0.513. The van der Waals surface area contributed by atoms with Gasteiger partial charge >= 0.3 is 6.03 Å². The van der Waals surface area contributed by atoms with E-state index in [0.717, 1.165) is 40.7 Å². The first-order chi connectivity index (χ1) is 15.4. The molecule has 4 aromatic rings. The van der Waals surface area contributed by atoms with E-state index < -0.39 is 11.8 Å². The van der Waals surface area contributed by atoms with E-state index in [9.17, 15) is 9.18 Å². The predicted octanol–water partition coefficient (Wildman–Crippen LogP) is 5.19. The van der Waals surface area contributed by atoms with Crippen molar-refractivity contribution in [1.29, 1.82) is 0 Å². The number of nitrogens with two attached hydrogens (primary N) is 1. The Bertz CT molecular complexity index is 1340. The van der Waals surface area contributed by atoms with Gasteiger partial charge in [0, 0.05) is 24.3 Å². The molecule has 5 rings (SSSR count). The topological polar surface area (TPSA) is 97.9 Å². The number of amides is 2. The van der Waals surface area contributed by atoms with Crippen molar-refractivity contribution in [2.24, 2.45) is 7.05 Å². The van der Waals surface area contributed by atoms with Crippen molar-refractivity contribution < 1.29 is 9.18 Å². The summed E-state index contributed by atoms with van der Waals surface area (Å²) in [5.41, 5.74) is 11.1. The van der Waals surface area contributed by atoms with E-state index >= 15 is 0 Å². The second-order valence-corrected chi connectivity index (χ2v) is 8.17. The standard InChI is InChI=1S/C24H23FN6O/c1-13-4-3-5-18(21(13)25)29-24(32)27-16-10-8-14(9-11-16)17-12-19(15-6-7-15)28-23-20(17)22(26)30-31(23)2/h3-5,8-12,15H,6-7H2,1-2H3,(H2,26,30)(H2,27,29,32). The van der Waals surface area contributed by atoms with Gasteiger partial charge in [-0.2, -0.15) is 5.10 Å². The van der Waals surface area contributed by atoms with Gasteiger partial charge in [0.15, 0.2) is 11.5 Å². The number of fused-ring (bicyclic) bond motifs is 1. The highest BCUT2D eigenvalue weighted by Crippen LogP contribution is 2.42. The Morgan fingerprint density at radius 3 is 2.62 bits per heavy atom. The number of anilines is 3. The summed E-state index contributed by atoms with van der Waals surface area (Å²) in [5, 5.41) is 10.5. The van der Waals surface area contributed by atoms with Gasteiger partial charge in [0.05, 0.1) is 11.1 Å². The molecule has 162 valence electrons. The van der Waals surface area contributed by atoms with Crippen LogP contribution in [0.5, 0.6) is 0 Å². The SMILES string of the molecule is Cc1cccc(NC(=O)Nc2ccc(-c3cc(C4CC4)nc4c3c(N)nn4C)cc2)c1F. The van der Waals surface area contributed by atoms with Crippen LogP contribution in [-0.2, 0) is 7.05 Å². The first-order valence-corrected chi connectivity index (χ1v) is 10.5. The molecule has 0 atom stereocenters. The Balaban J connectivity index is 1.41. The summed E-state index contributed by atoms with van der Waals surface area (Å²) in [6, 6.07) is 13.9. The molecule has 1 fully saturated rings. The van der Waals surface area contributed by atoms with Crippen LogP contribution in [0.15, 0.2) is 48.5 Å². The molecule has 32 heavy (non-hydrogen) atoms. The van der Waals surface area contributed by atoms with Gasteiger partial charge in [0.1, 0.15) is 5.82 Å². The summed E-state index contributed by atoms with van der Waals surface area (Å²) in [5.74, 6) is 0.482. The second kappa shape index (κ2) is 7.64. The lowest BCUT2D eigenvalue weighted by molar-refractivity contribution is 0.262. The Labute approximate surface area is 184 Å². The minimum Gasteiger partial charge on any atom is -0.382 e. The van der Waals surface area contributed by atoms with E-state index in [4.69, 9.17) is 10.7 Å². The quantitative estimate of drug-likeness (QED) is 0.415. The number of nitrogens with zero attached hydrogens (tertiary/aromatic N) is 3. The first-order valence-electron chi connectivity index (χ1n) is 10.5. The highest BCUT2D eigenvalue weighted by atomic mass is 19.1. The zero-order valence-corrected chi connectivity index (χ0v) is 17.8. The zero-order chi connectivity index (χ0) is 22.4. The lowest BCUT2D eigenvalue weighted by Gasteiger charge is -2.11. The number of nitrogen functional groups attached to an aromatic ring is 1. The Morgan fingerprint density at radius 2 is 1.91 bits per heavy atom. The van der Waals surface area contributed by atoms with Gasteiger partial charge in [0.2, 0.25) is 0 Å². The van der Waals surface area contributed by atoms with E-state index in [0.29, 0.717) is 23.0 Å². The number of aryl methyl sites for hydroxylation is 2. The van der Waals surface area contributed by atoms with Crippen LogP contribution < -0.4 is 16.4 Å². The monoisotopic (exact) mass is 430 g/mol. The van der Waals surface area contributed by atoms with Gasteiger partial charge in [0.25, 0.3) is 0 Å². The van der Waals surface area contributed by atoms with E-state index in [1.54, 1.807) is 35.9 Å². The molecule has 0 spiro atoms. The maximum absolute atomic E-state index is 14.1. The summed E-state index contributed by atoms with van der Waals surface area (Å²) in [6.07, 6.45) is 2.29. The molecule has 1 aliphatic rings. The molecular weight excluding hydrogens is 407 g/mol. The summed E-state index contributed by atoms with van der Waals surface area (Å²) < 4.78 is 15.8. The number of hydrogen-bond acceptors (Lipinski definition) is 4. The van der Waals surface area contributed by atoms with Gasteiger partial charge in [-0.05, 0) is 60.7 Å². The highest BCUT2D eigenvalue weighted by molar-refractivity contribution is 6.02. The number of halogens is 1. The molecule has 4 N–H and O–H groups in total. The fourth-order valence-corrected chi connectivity index (χ4v) is 3.87. The molecule has 8 heteroatoms. The van der Waals surface area contributed by atoms with Gasteiger partial charge in [-0.3, -0.25) is 0 Å². The van der Waals surface area contributed by atoms with Crippen molar-refractivity contribution in [1.82, 2.24) is 14.8 Å².